The highest BCUT2D eigenvalue weighted by molar-refractivity contribution is 5.89. The summed E-state index contributed by atoms with van der Waals surface area (Å²) in [5, 5.41) is 14.9. The summed E-state index contributed by atoms with van der Waals surface area (Å²) < 4.78 is 0. The van der Waals surface area contributed by atoms with Crippen LogP contribution < -0.4 is 0 Å². The first-order valence-corrected chi connectivity index (χ1v) is 4.48. The van der Waals surface area contributed by atoms with E-state index in [1.165, 1.54) is 18.5 Å². The van der Waals surface area contributed by atoms with Gasteiger partial charge in [0.1, 0.15) is 6.33 Å². The zero-order chi connectivity index (χ0) is 11.4. The Labute approximate surface area is 90.7 Å². The molecule has 0 atom stereocenters. The standard InChI is InChI=1S/C10H8N4O2/c15-9(16)8-3-1-7(2-4-8)5-11-10-12-6-13-14-10/h1-6H,(H,15,16)(H,12,13,14)/b11-5+. The Kier molecular flexibility index (Phi) is 2.73. The third-order valence-corrected chi connectivity index (χ3v) is 1.90. The zero-order valence-electron chi connectivity index (χ0n) is 8.16. The molecule has 2 N–H and O–H groups in total. The summed E-state index contributed by atoms with van der Waals surface area (Å²) in [7, 11) is 0. The summed E-state index contributed by atoms with van der Waals surface area (Å²) in [5.74, 6) is -0.541. The number of H-pyrrole nitrogens is 1. The molecule has 2 rings (SSSR count). The predicted molar refractivity (Wildman–Crippen MR) is 57.0 cm³/mol. The van der Waals surface area contributed by atoms with Gasteiger partial charge in [0.2, 0.25) is 5.95 Å². The zero-order valence-corrected chi connectivity index (χ0v) is 8.16. The number of aliphatic imine (C=N–C) groups is 1. The topological polar surface area (TPSA) is 91.2 Å². The summed E-state index contributed by atoms with van der Waals surface area (Å²) in [6.07, 6.45) is 2.94. The van der Waals surface area contributed by atoms with E-state index in [1.54, 1.807) is 18.3 Å². The van der Waals surface area contributed by atoms with E-state index in [9.17, 15) is 4.79 Å². The maximum absolute atomic E-state index is 10.6. The third-order valence-electron chi connectivity index (χ3n) is 1.90. The van der Waals surface area contributed by atoms with Crippen LogP contribution in [0.4, 0.5) is 5.95 Å². The first kappa shape index (κ1) is 10.0. The minimum atomic E-state index is -0.946. The number of rotatable bonds is 3. The molecule has 1 heterocycles. The Balaban J connectivity index is 2.14. The number of benzene rings is 1. The molecule has 0 fully saturated rings. The van der Waals surface area contributed by atoms with Crippen molar-refractivity contribution in [3.63, 3.8) is 0 Å². The lowest BCUT2D eigenvalue weighted by Crippen LogP contribution is -1.95. The van der Waals surface area contributed by atoms with Gasteiger partial charge >= 0.3 is 5.97 Å². The van der Waals surface area contributed by atoms with Gasteiger partial charge in [-0.1, -0.05) is 12.1 Å². The highest BCUT2D eigenvalue weighted by Crippen LogP contribution is 2.04. The monoisotopic (exact) mass is 216 g/mol. The number of hydrogen-bond acceptors (Lipinski definition) is 4. The van der Waals surface area contributed by atoms with Gasteiger partial charge in [0.15, 0.2) is 0 Å². The van der Waals surface area contributed by atoms with Crippen molar-refractivity contribution in [2.24, 2.45) is 4.99 Å². The van der Waals surface area contributed by atoms with Crippen LogP contribution in [-0.4, -0.2) is 32.5 Å². The van der Waals surface area contributed by atoms with Crippen LogP contribution in [0.15, 0.2) is 35.6 Å². The smallest absolute Gasteiger partial charge is 0.335 e. The van der Waals surface area contributed by atoms with E-state index < -0.39 is 5.97 Å². The molecule has 0 radical (unpaired) electrons. The van der Waals surface area contributed by atoms with Gasteiger partial charge in [-0.15, -0.1) is 0 Å². The van der Waals surface area contributed by atoms with Gasteiger partial charge in [-0.05, 0) is 17.7 Å². The van der Waals surface area contributed by atoms with Gasteiger partial charge in [-0.25, -0.2) is 14.9 Å². The number of nitrogens with one attached hydrogen (secondary N) is 1. The Morgan fingerprint density at radius 3 is 2.69 bits per heavy atom. The minimum Gasteiger partial charge on any atom is -0.478 e. The molecule has 2 aromatic rings. The number of nitrogens with zero attached hydrogens (tertiary/aromatic N) is 3. The lowest BCUT2D eigenvalue weighted by atomic mass is 10.1. The number of carboxylic acids is 1. The molecular formula is C10H8N4O2. The fraction of sp³-hybridized carbons (Fsp3) is 0. The van der Waals surface area contributed by atoms with Crippen LogP contribution in [-0.2, 0) is 0 Å². The molecule has 1 aromatic carbocycles. The summed E-state index contributed by atoms with van der Waals surface area (Å²) >= 11 is 0. The molecule has 0 unspecified atom stereocenters. The lowest BCUT2D eigenvalue weighted by molar-refractivity contribution is 0.0697. The molecule has 6 nitrogen and oxygen atoms in total. The van der Waals surface area contributed by atoms with Crippen molar-refractivity contribution >= 4 is 18.1 Å². The van der Waals surface area contributed by atoms with E-state index in [1.807, 2.05) is 0 Å². The molecule has 0 bridgehead atoms. The van der Waals surface area contributed by atoms with E-state index in [4.69, 9.17) is 5.11 Å². The lowest BCUT2D eigenvalue weighted by Gasteiger charge is -1.94. The van der Waals surface area contributed by atoms with Crippen LogP contribution in [0.25, 0.3) is 0 Å². The van der Waals surface area contributed by atoms with Crippen LogP contribution in [0.1, 0.15) is 15.9 Å². The Morgan fingerprint density at radius 2 is 2.12 bits per heavy atom. The van der Waals surface area contributed by atoms with Crippen molar-refractivity contribution in [3.8, 4) is 0 Å². The number of carbonyl (C=O) groups is 1. The van der Waals surface area contributed by atoms with Crippen molar-refractivity contribution in [1.82, 2.24) is 15.2 Å². The quantitative estimate of drug-likeness (QED) is 0.755. The van der Waals surface area contributed by atoms with Crippen molar-refractivity contribution < 1.29 is 9.90 Å². The summed E-state index contributed by atoms with van der Waals surface area (Å²) in [6.45, 7) is 0. The molecule has 0 aliphatic carbocycles. The molecule has 80 valence electrons. The number of aromatic carboxylic acids is 1. The predicted octanol–water partition coefficient (Wildman–Crippen LogP) is 1.25. The van der Waals surface area contributed by atoms with Gasteiger partial charge < -0.3 is 5.11 Å². The number of carboxylic acid groups (broad SMARTS) is 1. The van der Waals surface area contributed by atoms with Crippen LogP contribution in [0.5, 0.6) is 0 Å². The molecule has 16 heavy (non-hydrogen) atoms. The van der Waals surface area contributed by atoms with E-state index in [-0.39, 0.29) is 5.56 Å². The first-order valence-electron chi connectivity index (χ1n) is 4.48. The second-order valence-corrected chi connectivity index (χ2v) is 2.99. The first-order chi connectivity index (χ1) is 7.75. The third kappa shape index (κ3) is 2.30. The molecule has 0 amide bonds. The van der Waals surface area contributed by atoms with E-state index in [2.05, 4.69) is 20.2 Å². The van der Waals surface area contributed by atoms with E-state index in [0.717, 1.165) is 5.56 Å². The summed E-state index contributed by atoms with van der Waals surface area (Å²) in [4.78, 5) is 18.4. The largest absolute Gasteiger partial charge is 0.478 e. The number of aromatic amines is 1. The van der Waals surface area contributed by atoms with Gasteiger partial charge in [-0.2, -0.15) is 10.1 Å². The summed E-state index contributed by atoms with van der Waals surface area (Å²) in [6, 6.07) is 6.38. The van der Waals surface area contributed by atoms with Crippen molar-refractivity contribution in [2.75, 3.05) is 0 Å². The molecule has 0 spiro atoms. The highest BCUT2D eigenvalue weighted by Gasteiger charge is 2.00. The Bertz CT molecular complexity index is 502. The molecule has 0 saturated carbocycles. The SMILES string of the molecule is O=C(O)c1ccc(/C=N/c2ncn[nH]2)cc1. The second-order valence-electron chi connectivity index (χ2n) is 2.99. The maximum Gasteiger partial charge on any atom is 0.335 e. The molecule has 0 saturated heterocycles. The number of aromatic nitrogens is 3. The average Bonchev–Trinajstić information content (AvgIpc) is 2.80. The molecule has 0 aliphatic heterocycles. The van der Waals surface area contributed by atoms with Crippen LogP contribution in [0, 0.1) is 0 Å². The van der Waals surface area contributed by atoms with Crippen molar-refractivity contribution in [2.45, 2.75) is 0 Å². The van der Waals surface area contributed by atoms with E-state index >= 15 is 0 Å². The van der Waals surface area contributed by atoms with Crippen LogP contribution in [0.3, 0.4) is 0 Å². The Morgan fingerprint density at radius 1 is 1.38 bits per heavy atom. The Hall–Kier alpha value is -2.50. The number of hydrogen-bond donors (Lipinski definition) is 2. The molecule has 6 heteroatoms. The van der Waals surface area contributed by atoms with Gasteiger partial charge in [0.05, 0.1) is 5.56 Å². The fourth-order valence-corrected chi connectivity index (χ4v) is 1.11. The fourth-order valence-electron chi connectivity index (χ4n) is 1.11. The van der Waals surface area contributed by atoms with E-state index in [0.29, 0.717) is 5.95 Å². The second kappa shape index (κ2) is 4.35. The van der Waals surface area contributed by atoms with Crippen molar-refractivity contribution in [3.05, 3.63) is 41.7 Å². The molecule has 1 aromatic heterocycles. The molecular weight excluding hydrogens is 208 g/mol. The summed E-state index contributed by atoms with van der Waals surface area (Å²) in [5.41, 5.74) is 1.04. The molecule has 0 aliphatic rings. The van der Waals surface area contributed by atoms with Crippen LogP contribution >= 0.6 is 0 Å². The van der Waals surface area contributed by atoms with Crippen molar-refractivity contribution in [1.29, 1.82) is 0 Å². The van der Waals surface area contributed by atoms with Crippen LogP contribution in [0.2, 0.25) is 0 Å². The van der Waals surface area contributed by atoms with Gasteiger partial charge in [0, 0.05) is 6.21 Å². The highest BCUT2D eigenvalue weighted by atomic mass is 16.4. The van der Waals surface area contributed by atoms with Gasteiger partial charge in [0.25, 0.3) is 0 Å². The average molecular weight is 216 g/mol. The van der Waals surface area contributed by atoms with Gasteiger partial charge in [-0.3, -0.25) is 0 Å². The maximum atomic E-state index is 10.6. The minimum absolute atomic E-state index is 0.247. The normalized spacial score (nSPS) is 10.8.